The fourth-order valence-corrected chi connectivity index (χ4v) is 1.04. The standard InChI is InChI=1S/C9H17Cl/c1-3-9(4-2)7-5-6-8-10/h5,7,9H,3-4,6,8H2,1-2H3. The summed E-state index contributed by atoms with van der Waals surface area (Å²) in [6.07, 6.45) is 7.97. The quantitative estimate of drug-likeness (QED) is 0.426. The Kier molecular flexibility index (Phi) is 7.16. The summed E-state index contributed by atoms with van der Waals surface area (Å²) in [7, 11) is 0. The third kappa shape index (κ3) is 4.87. The van der Waals surface area contributed by atoms with Gasteiger partial charge >= 0.3 is 0 Å². The van der Waals surface area contributed by atoms with E-state index in [-0.39, 0.29) is 0 Å². The monoisotopic (exact) mass is 160 g/mol. The van der Waals surface area contributed by atoms with Crippen molar-refractivity contribution in [3.63, 3.8) is 0 Å². The Morgan fingerprint density at radius 2 is 1.90 bits per heavy atom. The van der Waals surface area contributed by atoms with Crippen molar-refractivity contribution in [1.82, 2.24) is 0 Å². The first-order valence-corrected chi connectivity index (χ1v) is 4.61. The Morgan fingerprint density at radius 3 is 2.30 bits per heavy atom. The van der Waals surface area contributed by atoms with Crippen molar-refractivity contribution in [2.24, 2.45) is 5.92 Å². The third-order valence-corrected chi connectivity index (χ3v) is 1.95. The lowest BCUT2D eigenvalue weighted by Gasteiger charge is -2.03. The van der Waals surface area contributed by atoms with Gasteiger partial charge in [-0.15, -0.1) is 11.6 Å². The normalized spacial score (nSPS) is 11.6. The maximum absolute atomic E-state index is 5.52. The van der Waals surface area contributed by atoms with Crippen LogP contribution in [-0.4, -0.2) is 5.88 Å². The van der Waals surface area contributed by atoms with Crippen molar-refractivity contribution in [3.05, 3.63) is 12.2 Å². The largest absolute Gasteiger partial charge is 0.126 e. The van der Waals surface area contributed by atoms with Gasteiger partial charge in [-0.05, 0) is 25.2 Å². The van der Waals surface area contributed by atoms with Gasteiger partial charge < -0.3 is 0 Å². The molecule has 10 heavy (non-hydrogen) atoms. The SMILES string of the molecule is CCC(C=CCCCl)CC. The number of allylic oxidation sites excluding steroid dienone is 2. The van der Waals surface area contributed by atoms with Crippen LogP contribution in [0, 0.1) is 5.92 Å². The van der Waals surface area contributed by atoms with Crippen LogP contribution < -0.4 is 0 Å². The predicted molar refractivity (Wildman–Crippen MR) is 48.5 cm³/mol. The van der Waals surface area contributed by atoms with Crippen molar-refractivity contribution in [2.75, 3.05) is 5.88 Å². The molecule has 0 amide bonds. The van der Waals surface area contributed by atoms with Crippen LogP contribution in [-0.2, 0) is 0 Å². The molecule has 0 aromatic rings. The smallest absolute Gasteiger partial charge is 0.0258 e. The fourth-order valence-electron chi connectivity index (χ4n) is 0.913. The van der Waals surface area contributed by atoms with Crippen molar-refractivity contribution in [3.8, 4) is 0 Å². The molecule has 0 aliphatic carbocycles. The second-order valence-corrected chi connectivity index (χ2v) is 2.86. The first kappa shape index (κ1) is 10.0. The van der Waals surface area contributed by atoms with E-state index in [9.17, 15) is 0 Å². The molecule has 0 saturated heterocycles. The van der Waals surface area contributed by atoms with Crippen LogP contribution >= 0.6 is 11.6 Å². The minimum Gasteiger partial charge on any atom is -0.126 e. The van der Waals surface area contributed by atoms with Crippen molar-refractivity contribution in [2.45, 2.75) is 33.1 Å². The second kappa shape index (κ2) is 7.14. The fraction of sp³-hybridized carbons (Fsp3) is 0.778. The highest BCUT2D eigenvalue weighted by atomic mass is 35.5. The van der Waals surface area contributed by atoms with Crippen LogP contribution in [0.5, 0.6) is 0 Å². The Labute approximate surface area is 69.3 Å². The average Bonchev–Trinajstić information content (AvgIpc) is 1.99. The van der Waals surface area contributed by atoms with Crippen LogP contribution in [0.4, 0.5) is 0 Å². The molecule has 0 nitrogen and oxygen atoms in total. The minimum absolute atomic E-state index is 0.747. The highest BCUT2D eigenvalue weighted by Crippen LogP contribution is 2.08. The van der Waals surface area contributed by atoms with E-state index in [0.29, 0.717) is 0 Å². The number of halogens is 1. The van der Waals surface area contributed by atoms with Crippen LogP contribution in [0.15, 0.2) is 12.2 Å². The zero-order chi connectivity index (χ0) is 7.82. The average molecular weight is 161 g/mol. The molecule has 1 heteroatoms. The molecular formula is C9H17Cl. The van der Waals surface area contributed by atoms with Gasteiger partial charge in [0.05, 0.1) is 0 Å². The van der Waals surface area contributed by atoms with E-state index >= 15 is 0 Å². The second-order valence-electron chi connectivity index (χ2n) is 2.48. The van der Waals surface area contributed by atoms with Gasteiger partial charge in [-0.3, -0.25) is 0 Å². The third-order valence-electron chi connectivity index (χ3n) is 1.73. The van der Waals surface area contributed by atoms with Crippen molar-refractivity contribution in [1.29, 1.82) is 0 Å². The summed E-state index contributed by atoms with van der Waals surface area (Å²) in [6, 6.07) is 0. The van der Waals surface area contributed by atoms with E-state index in [0.717, 1.165) is 18.2 Å². The van der Waals surface area contributed by atoms with Crippen molar-refractivity contribution >= 4 is 11.6 Å². The molecule has 0 aliphatic heterocycles. The van der Waals surface area contributed by atoms with Gasteiger partial charge in [0.15, 0.2) is 0 Å². The van der Waals surface area contributed by atoms with Gasteiger partial charge in [-0.2, -0.15) is 0 Å². The van der Waals surface area contributed by atoms with E-state index in [2.05, 4.69) is 26.0 Å². The lowest BCUT2D eigenvalue weighted by atomic mass is 10.0. The van der Waals surface area contributed by atoms with E-state index in [4.69, 9.17) is 11.6 Å². The molecular weight excluding hydrogens is 144 g/mol. The molecule has 0 spiro atoms. The lowest BCUT2D eigenvalue weighted by Crippen LogP contribution is -1.89. The number of alkyl halides is 1. The molecule has 0 N–H and O–H groups in total. The molecule has 0 bridgehead atoms. The lowest BCUT2D eigenvalue weighted by molar-refractivity contribution is 0.604. The first-order chi connectivity index (χ1) is 4.85. The molecule has 0 atom stereocenters. The topological polar surface area (TPSA) is 0 Å². The minimum atomic E-state index is 0.747. The molecule has 60 valence electrons. The van der Waals surface area contributed by atoms with Gasteiger partial charge in [0, 0.05) is 5.88 Å². The molecule has 0 unspecified atom stereocenters. The molecule has 0 radical (unpaired) electrons. The first-order valence-electron chi connectivity index (χ1n) is 4.07. The zero-order valence-corrected chi connectivity index (χ0v) is 7.69. The van der Waals surface area contributed by atoms with Crippen LogP contribution in [0.25, 0.3) is 0 Å². The molecule has 0 aliphatic rings. The van der Waals surface area contributed by atoms with Gasteiger partial charge in [0.2, 0.25) is 0 Å². The predicted octanol–water partition coefficient (Wildman–Crippen LogP) is 3.61. The molecule has 0 rings (SSSR count). The van der Waals surface area contributed by atoms with Gasteiger partial charge in [0.25, 0.3) is 0 Å². The van der Waals surface area contributed by atoms with Crippen LogP contribution in [0.3, 0.4) is 0 Å². The molecule has 0 aromatic carbocycles. The van der Waals surface area contributed by atoms with E-state index < -0.39 is 0 Å². The summed E-state index contributed by atoms with van der Waals surface area (Å²) in [5.74, 6) is 1.51. The van der Waals surface area contributed by atoms with Gasteiger partial charge in [-0.1, -0.05) is 26.0 Å². The summed E-state index contributed by atoms with van der Waals surface area (Å²) >= 11 is 5.52. The number of hydrogen-bond acceptors (Lipinski definition) is 0. The summed E-state index contributed by atoms with van der Waals surface area (Å²) in [6.45, 7) is 4.44. The van der Waals surface area contributed by atoms with E-state index in [1.54, 1.807) is 0 Å². The summed E-state index contributed by atoms with van der Waals surface area (Å²) < 4.78 is 0. The Hall–Kier alpha value is 0.0300. The summed E-state index contributed by atoms with van der Waals surface area (Å²) in [5, 5.41) is 0. The Bertz CT molecular complexity index is 82.7. The van der Waals surface area contributed by atoms with Gasteiger partial charge in [0.1, 0.15) is 0 Å². The highest BCUT2D eigenvalue weighted by molar-refractivity contribution is 6.17. The maximum Gasteiger partial charge on any atom is 0.0258 e. The number of rotatable bonds is 5. The Morgan fingerprint density at radius 1 is 1.30 bits per heavy atom. The molecule has 0 saturated carbocycles. The van der Waals surface area contributed by atoms with Gasteiger partial charge in [-0.25, -0.2) is 0 Å². The summed E-state index contributed by atoms with van der Waals surface area (Å²) in [5.41, 5.74) is 0. The van der Waals surface area contributed by atoms with E-state index in [1.807, 2.05) is 0 Å². The highest BCUT2D eigenvalue weighted by Gasteiger charge is 1.94. The van der Waals surface area contributed by atoms with Crippen LogP contribution in [0.2, 0.25) is 0 Å². The maximum atomic E-state index is 5.52. The Balaban J connectivity index is 3.40. The zero-order valence-electron chi connectivity index (χ0n) is 6.94. The molecule has 0 fully saturated rings. The molecule has 0 aromatic heterocycles. The summed E-state index contributed by atoms with van der Waals surface area (Å²) in [4.78, 5) is 0. The van der Waals surface area contributed by atoms with Crippen molar-refractivity contribution < 1.29 is 0 Å². The van der Waals surface area contributed by atoms with E-state index in [1.165, 1.54) is 12.8 Å². The molecule has 0 heterocycles. The number of hydrogen-bond donors (Lipinski definition) is 0. The van der Waals surface area contributed by atoms with Crippen LogP contribution in [0.1, 0.15) is 33.1 Å².